The minimum absolute atomic E-state index is 0.0474. The lowest BCUT2D eigenvalue weighted by atomic mass is 9.91. The molecule has 3 heterocycles. The van der Waals surface area contributed by atoms with Gasteiger partial charge in [-0.2, -0.15) is 9.84 Å². The number of carbonyl (C=O) groups is 1. The fourth-order valence-electron chi connectivity index (χ4n) is 2.82. The number of Topliss-reactive ketones (excluding diaryl/α,β-unsaturated/α-hetero) is 1. The molecule has 1 aliphatic rings. The quantitative estimate of drug-likeness (QED) is 0.393. The highest BCUT2D eigenvalue weighted by Crippen LogP contribution is 2.34. The monoisotopic (exact) mass is 352 g/mol. The minimum Gasteiger partial charge on any atom is -0.288 e. The smallest absolute Gasteiger partial charge is 0.288 e. The van der Waals surface area contributed by atoms with Crippen molar-refractivity contribution >= 4 is 40.0 Å². The number of hydrogen-bond acceptors (Lipinski definition) is 5. The van der Waals surface area contributed by atoms with Crippen molar-refractivity contribution < 1.29 is 9.37 Å². The molecule has 2 aromatic rings. The van der Waals surface area contributed by atoms with E-state index in [9.17, 15) is 10.1 Å². The Labute approximate surface area is 147 Å². The van der Waals surface area contributed by atoms with Crippen molar-refractivity contribution in [1.82, 2.24) is 0 Å². The Morgan fingerprint density at radius 3 is 2.50 bits per heavy atom. The van der Waals surface area contributed by atoms with Gasteiger partial charge in [0.15, 0.2) is 11.6 Å². The Morgan fingerprint density at radius 1 is 1.25 bits per heavy atom. The molecule has 0 bridgehead atoms. The Kier molecular flexibility index (Phi) is 4.16. The molecule has 0 amide bonds. The highest BCUT2D eigenvalue weighted by molar-refractivity contribution is 7.12. The zero-order chi connectivity index (χ0) is 17.3. The van der Waals surface area contributed by atoms with Crippen LogP contribution >= 0.6 is 22.7 Å². The fourth-order valence-corrected chi connectivity index (χ4v) is 4.23. The molecule has 0 aliphatic carbocycles. The lowest BCUT2D eigenvalue weighted by molar-refractivity contribution is -0.530. The lowest BCUT2D eigenvalue weighted by Gasteiger charge is -2.19. The van der Waals surface area contributed by atoms with E-state index in [1.165, 1.54) is 22.7 Å². The second-order valence-electron chi connectivity index (χ2n) is 5.71. The normalized spacial score (nSPS) is 15.6. The highest BCUT2D eigenvalue weighted by Gasteiger charge is 2.49. The van der Waals surface area contributed by atoms with E-state index in [0.29, 0.717) is 10.5 Å². The summed E-state index contributed by atoms with van der Waals surface area (Å²) in [6.07, 6.45) is 1.84. The number of allylic oxidation sites excluding steroid dienone is 2. The van der Waals surface area contributed by atoms with Crippen LogP contribution in [0.2, 0.25) is 0 Å². The zero-order valence-electron chi connectivity index (χ0n) is 13.2. The molecule has 1 aliphatic heterocycles. The molecule has 0 saturated carbocycles. The van der Waals surface area contributed by atoms with Crippen LogP contribution in [0.15, 0.2) is 52.4 Å². The van der Waals surface area contributed by atoms with Crippen molar-refractivity contribution in [2.24, 2.45) is 0 Å². The van der Waals surface area contributed by atoms with Gasteiger partial charge < -0.3 is 0 Å². The third-order valence-electron chi connectivity index (χ3n) is 3.95. The third-order valence-corrected chi connectivity index (χ3v) is 5.71. The van der Waals surface area contributed by atoms with Gasteiger partial charge in [-0.1, -0.05) is 12.1 Å². The van der Waals surface area contributed by atoms with Crippen LogP contribution in [-0.4, -0.2) is 27.5 Å². The SMILES string of the molecule is CC1(C)C(C(=O)c2cccs2)=CC(c2cccs2)=[N+]1C(=C=N)C#N. The second-order valence-corrected chi connectivity index (χ2v) is 7.60. The van der Waals surface area contributed by atoms with E-state index in [4.69, 9.17) is 5.41 Å². The summed E-state index contributed by atoms with van der Waals surface area (Å²) in [6, 6.07) is 9.53. The Hall–Kier alpha value is -2.58. The number of rotatable bonds is 4. The molecule has 0 unspecified atom stereocenters. The van der Waals surface area contributed by atoms with Crippen molar-refractivity contribution in [2.45, 2.75) is 19.4 Å². The van der Waals surface area contributed by atoms with Gasteiger partial charge in [0.25, 0.3) is 0 Å². The number of nitriles is 1. The standard InChI is InChI=1S/C18H14N3OS2/c1-18(2)13(17(22)16-6-4-8-24-16)9-14(15-5-3-7-23-15)21(18)12(10-19)11-20/h3-9,19H,1-2H3/q+1. The number of ketones is 1. The van der Waals surface area contributed by atoms with Gasteiger partial charge in [0.1, 0.15) is 0 Å². The number of hydrogen-bond donors (Lipinski definition) is 1. The summed E-state index contributed by atoms with van der Waals surface area (Å²) in [4.78, 5) is 14.5. The van der Waals surface area contributed by atoms with Crippen LogP contribution in [0, 0.1) is 16.7 Å². The maximum atomic E-state index is 12.9. The van der Waals surface area contributed by atoms with Crippen molar-refractivity contribution in [3.63, 3.8) is 0 Å². The highest BCUT2D eigenvalue weighted by atomic mass is 32.1. The number of thiophene rings is 2. The zero-order valence-corrected chi connectivity index (χ0v) is 14.8. The van der Waals surface area contributed by atoms with E-state index in [1.54, 1.807) is 10.6 Å². The topological polar surface area (TPSA) is 67.7 Å². The van der Waals surface area contributed by atoms with Crippen LogP contribution in [-0.2, 0) is 0 Å². The molecular weight excluding hydrogens is 338 g/mol. The van der Waals surface area contributed by atoms with E-state index in [1.807, 2.05) is 55.0 Å². The summed E-state index contributed by atoms with van der Waals surface area (Å²) in [5, 5.41) is 20.7. The first-order chi connectivity index (χ1) is 11.5. The molecular formula is C18H14N3OS2+. The molecule has 0 atom stereocenters. The largest absolute Gasteiger partial charge is 0.347 e. The molecule has 1 N–H and O–H groups in total. The predicted octanol–water partition coefficient (Wildman–Crippen LogP) is 3.87. The van der Waals surface area contributed by atoms with E-state index < -0.39 is 5.54 Å². The molecule has 0 spiro atoms. The number of nitrogens with zero attached hydrogens (tertiary/aromatic N) is 2. The van der Waals surface area contributed by atoms with Crippen LogP contribution in [0.5, 0.6) is 0 Å². The summed E-state index contributed by atoms with van der Waals surface area (Å²) < 4.78 is 1.73. The summed E-state index contributed by atoms with van der Waals surface area (Å²) in [5.74, 6) is 2.16. The Bertz CT molecular complexity index is 949. The molecule has 0 saturated heterocycles. The lowest BCUT2D eigenvalue weighted by Crippen LogP contribution is -2.38. The van der Waals surface area contributed by atoms with Crippen LogP contribution in [0.25, 0.3) is 0 Å². The Balaban J connectivity index is 2.21. The first kappa shape index (κ1) is 16.3. The predicted molar refractivity (Wildman–Crippen MR) is 96.4 cm³/mol. The van der Waals surface area contributed by atoms with Gasteiger partial charge in [-0.05, 0) is 22.9 Å². The van der Waals surface area contributed by atoms with Crippen molar-refractivity contribution in [2.75, 3.05) is 0 Å². The van der Waals surface area contributed by atoms with Gasteiger partial charge >= 0.3 is 5.70 Å². The van der Waals surface area contributed by atoms with Gasteiger partial charge in [0.2, 0.25) is 11.5 Å². The van der Waals surface area contributed by atoms with Crippen LogP contribution in [0.3, 0.4) is 0 Å². The average Bonchev–Trinajstić information content (AvgIpc) is 3.29. The molecule has 0 aromatic carbocycles. The van der Waals surface area contributed by atoms with E-state index in [2.05, 4.69) is 5.87 Å². The van der Waals surface area contributed by atoms with Crippen LogP contribution in [0.4, 0.5) is 0 Å². The van der Waals surface area contributed by atoms with E-state index in [-0.39, 0.29) is 11.5 Å². The maximum Gasteiger partial charge on any atom is 0.347 e. The summed E-state index contributed by atoms with van der Waals surface area (Å²) in [6.45, 7) is 3.78. The van der Waals surface area contributed by atoms with Crippen LogP contribution in [0.1, 0.15) is 28.4 Å². The number of carbonyl (C=O) groups excluding carboxylic acids is 1. The first-order valence-corrected chi connectivity index (χ1v) is 8.98. The molecule has 24 heavy (non-hydrogen) atoms. The van der Waals surface area contributed by atoms with E-state index >= 15 is 0 Å². The van der Waals surface area contributed by atoms with Crippen molar-refractivity contribution in [1.29, 1.82) is 10.7 Å². The molecule has 3 rings (SSSR count). The van der Waals surface area contributed by atoms with Gasteiger partial charge in [-0.15, -0.1) is 22.7 Å². The molecule has 118 valence electrons. The summed E-state index contributed by atoms with van der Waals surface area (Å²) in [7, 11) is 0. The first-order valence-electron chi connectivity index (χ1n) is 7.22. The summed E-state index contributed by atoms with van der Waals surface area (Å²) in [5.41, 5.74) is 0.718. The summed E-state index contributed by atoms with van der Waals surface area (Å²) >= 11 is 2.93. The average molecular weight is 352 g/mol. The van der Waals surface area contributed by atoms with Gasteiger partial charge in [-0.3, -0.25) is 10.2 Å². The molecule has 2 aromatic heterocycles. The molecule has 6 heteroatoms. The van der Waals surface area contributed by atoms with Gasteiger partial charge in [-0.25, -0.2) is 0 Å². The molecule has 0 fully saturated rings. The molecule has 4 nitrogen and oxygen atoms in total. The van der Waals surface area contributed by atoms with Crippen LogP contribution < -0.4 is 0 Å². The fraction of sp³-hybridized carbons (Fsp3) is 0.167. The molecule has 0 radical (unpaired) electrons. The Morgan fingerprint density at radius 2 is 1.96 bits per heavy atom. The minimum atomic E-state index is -0.737. The van der Waals surface area contributed by atoms with Crippen molar-refractivity contribution in [3.05, 3.63) is 62.1 Å². The van der Waals surface area contributed by atoms with E-state index in [0.717, 1.165) is 10.6 Å². The van der Waals surface area contributed by atoms with Gasteiger partial charge in [0.05, 0.1) is 21.2 Å². The second kappa shape index (κ2) is 6.14. The van der Waals surface area contributed by atoms with Crippen molar-refractivity contribution in [3.8, 4) is 6.07 Å². The third kappa shape index (κ3) is 2.49. The maximum absolute atomic E-state index is 12.9. The number of nitrogens with one attached hydrogen (secondary N) is 1. The van der Waals surface area contributed by atoms with Gasteiger partial charge in [0, 0.05) is 19.9 Å².